The largest absolute Gasteiger partial charge is 0.212 e. The van der Waals surface area contributed by atoms with Crippen LogP contribution in [0.4, 0.5) is 8.78 Å². The molecular formula is C4H4F2. The van der Waals surface area contributed by atoms with Crippen LogP contribution in [0.1, 0.15) is 0 Å². The summed E-state index contributed by atoms with van der Waals surface area (Å²) in [6.45, 7) is 2.95. The quantitative estimate of drug-likeness (QED) is 0.432. The van der Waals surface area contributed by atoms with Gasteiger partial charge in [-0.3, -0.25) is 0 Å². The Kier molecular flexibility index (Phi) is 2.29. The van der Waals surface area contributed by atoms with Gasteiger partial charge in [0.15, 0.2) is 5.83 Å². The van der Waals surface area contributed by atoms with E-state index in [0.29, 0.717) is 0 Å². The van der Waals surface area contributed by atoms with Crippen LogP contribution in [0.5, 0.6) is 0 Å². The first-order valence-corrected chi connectivity index (χ1v) is 1.39. The molecule has 0 saturated heterocycles. The van der Waals surface area contributed by atoms with Crippen molar-refractivity contribution in [3.63, 3.8) is 0 Å². The van der Waals surface area contributed by atoms with Gasteiger partial charge >= 0.3 is 0 Å². The van der Waals surface area contributed by atoms with Crippen LogP contribution in [0.2, 0.25) is 0 Å². The zero-order valence-corrected chi connectivity index (χ0v) is 3.12. The Morgan fingerprint density at radius 3 is 2.17 bits per heavy atom. The maximum atomic E-state index is 11.2. The van der Waals surface area contributed by atoms with Gasteiger partial charge in [0.25, 0.3) is 0 Å². The van der Waals surface area contributed by atoms with Crippen LogP contribution in [0.15, 0.2) is 24.8 Å². The Labute approximate surface area is 34.8 Å². The highest BCUT2D eigenvalue weighted by atomic mass is 19.2. The summed E-state index contributed by atoms with van der Waals surface area (Å²) in [5.41, 5.74) is 0. The maximum absolute atomic E-state index is 11.2. The van der Waals surface area contributed by atoms with E-state index in [-0.39, 0.29) is 6.33 Å². The zero-order valence-electron chi connectivity index (χ0n) is 3.12. The monoisotopic (exact) mass is 90.0 g/mol. The van der Waals surface area contributed by atoms with E-state index in [1.54, 1.807) is 0 Å². The molecule has 0 aliphatic heterocycles. The summed E-state index contributed by atoms with van der Waals surface area (Å²) in [6.07, 6.45) is 0.646. The first-order valence-electron chi connectivity index (χ1n) is 1.39. The summed E-state index contributed by atoms with van der Waals surface area (Å²) in [5, 5.41) is 0. The molecule has 0 aromatic rings. The summed E-state index contributed by atoms with van der Waals surface area (Å²) < 4.78 is 22.0. The van der Waals surface area contributed by atoms with Gasteiger partial charge in [-0.2, -0.15) is 0 Å². The van der Waals surface area contributed by atoms with Crippen molar-refractivity contribution in [2.24, 2.45) is 0 Å². The lowest BCUT2D eigenvalue weighted by molar-refractivity contribution is 0.606. The van der Waals surface area contributed by atoms with E-state index < -0.39 is 5.83 Å². The van der Waals surface area contributed by atoms with Gasteiger partial charge in [0.2, 0.25) is 0 Å². The second-order valence-electron chi connectivity index (χ2n) is 0.698. The Balaban J connectivity index is 3.50. The summed E-state index contributed by atoms with van der Waals surface area (Å²) >= 11 is 0. The van der Waals surface area contributed by atoms with Gasteiger partial charge < -0.3 is 0 Å². The average molecular weight is 90.1 g/mol. The molecule has 0 atom stereocenters. The molecule has 0 saturated carbocycles. The molecule has 0 heterocycles. The molecule has 0 aromatic carbocycles. The number of hydrogen-bond donors (Lipinski definition) is 0. The van der Waals surface area contributed by atoms with Crippen LogP contribution in [0.3, 0.4) is 0 Å². The van der Waals surface area contributed by atoms with E-state index in [4.69, 9.17) is 0 Å². The zero-order chi connectivity index (χ0) is 4.99. The molecule has 6 heavy (non-hydrogen) atoms. The second kappa shape index (κ2) is 2.57. The maximum Gasteiger partial charge on any atom is 0.150 e. The van der Waals surface area contributed by atoms with Gasteiger partial charge in [-0.05, 0) is 6.08 Å². The van der Waals surface area contributed by atoms with Gasteiger partial charge in [0.05, 0.1) is 0 Å². The van der Waals surface area contributed by atoms with E-state index in [2.05, 4.69) is 6.58 Å². The molecule has 0 aromatic heterocycles. The van der Waals surface area contributed by atoms with E-state index in [1.807, 2.05) is 0 Å². The van der Waals surface area contributed by atoms with E-state index in [9.17, 15) is 8.78 Å². The highest BCUT2D eigenvalue weighted by molar-refractivity contribution is 5.02. The van der Waals surface area contributed by atoms with E-state index in [0.717, 1.165) is 6.08 Å². The molecule has 34 valence electrons. The molecule has 0 aliphatic rings. The summed E-state index contributed by atoms with van der Waals surface area (Å²) in [6, 6.07) is 0. The fourth-order valence-electron chi connectivity index (χ4n) is 0.0445. The number of halogens is 2. The van der Waals surface area contributed by atoms with Crippen molar-refractivity contribution in [3.05, 3.63) is 24.8 Å². The lowest BCUT2D eigenvalue weighted by atomic mass is 10.6. The first kappa shape index (κ1) is 5.34. The Hall–Kier alpha value is -0.660. The van der Waals surface area contributed by atoms with Crippen LogP contribution in [-0.2, 0) is 0 Å². The molecule has 0 nitrogen and oxygen atoms in total. The average Bonchev–Trinajstić information content (AvgIpc) is 1.65. The van der Waals surface area contributed by atoms with Crippen LogP contribution in [-0.4, -0.2) is 0 Å². The molecule has 0 aliphatic carbocycles. The molecular weight excluding hydrogens is 86.0 g/mol. The fraction of sp³-hybridized carbons (Fsp3) is 0. The van der Waals surface area contributed by atoms with Gasteiger partial charge in [0, 0.05) is 0 Å². The summed E-state index contributed by atoms with van der Waals surface area (Å²) in [5.74, 6) is -0.935. The minimum atomic E-state index is -0.935. The van der Waals surface area contributed by atoms with Crippen molar-refractivity contribution in [1.29, 1.82) is 0 Å². The van der Waals surface area contributed by atoms with Crippen molar-refractivity contribution in [3.8, 4) is 0 Å². The minimum absolute atomic E-state index is 0.146. The third kappa shape index (κ3) is 1.64. The van der Waals surface area contributed by atoms with Crippen LogP contribution >= 0.6 is 0 Å². The van der Waals surface area contributed by atoms with Crippen molar-refractivity contribution in [1.82, 2.24) is 0 Å². The van der Waals surface area contributed by atoms with Gasteiger partial charge in [0.1, 0.15) is 6.33 Å². The fourth-order valence-corrected chi connectivity index (χ4v) is 0.0445. The van der Waals surface area contributed by atoms with E-state index >= 15 is 0 Å². The number of rotatable bonds is 1. The Morgan fingerprint density at radius 1 is 1.67 bits per heavy atom. The second-order valence-corrected chi connectivity index (χ2v) is 0.698. The smallest absolute Gasteiger partial charge is 0.150 e. The van der Waals surface area contributed by atoms with Crippen LogP contribution in [0, 0.1) is 0 Å². The van der Waals surface area contributed by atoms with Crippen molar-refractivity contribution < 1.29 is 8.78 Å². The third-order valence-corrected chi connectivity index (χ3v) is 0.299. The standard InChI is InChI=1S/C4H4F2/c1-2-4(6)3-5/h2-3H,1H2/b4-3-. The van der Waals surface area contributed by atoms with Gasteiger partial charge in [-0.15, -0.1) is 0 Å². The number of allylic oxidation sites excluding steroid dienone is 2. The third-order valence-electron chi connectivity index (χ3n) is 0.299. The molecule has 0 fully saturated rings. The van der Waals surface area contributed by atoms with Crippen LogP contribution in [0.25, 0.3) is 0 Å². The lowest BCUT2D eigenvalue weighted by Crippen LogP contribution is -1.52. The Morgan fingerprint density at radius 2 is 2.17 bits per heavy atom. The Bertz CT molecular complexity index is 73.6. The predicted octanol–water partition coefficient (Wildman–Crippen LogP) is 1.95. The topological polar surface area (TPSA) is 0 Å². The molecule has 0 bridgehead atoms. The summed E-state index contributed by atoms with van der Waals surface area (Å²) in [4.78, 5) is 0. The lowest BCUT2D eigenvalue weighted by Gasteiger charge is -1.70. The highest BCUT2D eigenvalue weighted by Crippen LogP contribution is 1.93. The van der Waals surface area contributed by atoms with E-state index in [1.165, 1.54) is 0 Å². The van der Waals surface area contributed by atoms with Gasteiger partial charge in [-0.1, -0.05) is 6.58 Å². The van der Waals surface area contributed by atoms with Crippen molar-refractivity contribution in [2.45, 2.75) is 0 Å². The molecule has 0 N–H and O–H groups in total. The molecule has 0 rings (SSSR count). The SMILES string of the molecule is C=C/C(F)=C/F. The van der Waals surface area contributed by atoms with Crippen LogP contribution < -0.4 is 0 Å². The van der Waals surface area contributed by atoms with Crippen molar-refractivity contribution >= 4 is 0 Å². The highest BCUT2D eigenvalue weighted by Gasteiger charge is 1.76. The molecule has 0 unspecified atom stereocenters. The molecule has 0 amide bonds. The first-order chi connectivity index (χ1) is 2.81. The molecule has 0 radical (unpaired) electrons. The minimum Gasteiger partial charge on any atom is -0.212 e. The summed E-state index contributed by atoms with van der Waals surface area (Å²) in [7, 11) is 0. The van der Waals surface area contributed by atoms with Gasteiger partial charge in [-0.25, -0.2) is 8.78 Å². The molecule has 2 heteroatoms. The predicted molar refractivity (Wildman–Crippen MR) is 20.5 cm³/mol. The molecule has 0 spiro atoms. The normalized spacial score (nSPS) is 11.3. The van der Waals surface area contributed by atoms with Crippen molar-refractivity contribution in [2.75, 3.05) is 0 Å². The number of hydrogen-bond acceptors (Lipinski definition) is 0.